The lowest BCUT2D eigenvalue weighted by molar-refractivity contribution is 0.349. The number of hydrogen-bond donors (Lipinski definition) is 2. The van der Waals surface area contributed by atoms with Crippen LogP contribution in [0.25, 0.3) is 15.8 Å². The summed E-state index contributed by atoms with van der Waals surface area (Å²) in [6.45, 7) is 0.949. The zero-order valence-electron chi connectivity index (χ0n) is 15.7. The monoisotopic (exact) mass is 395 g/mol. The van der Waals surface area contributed by atoms with E-state index in [-0.39, 0.29) is 5.76 Å². The molecule has 7 heteroatoms. The maximum atomic E-state index is 10.5. The number of benzene rings is 2. The van der Waals surface area contributed by atoms with Crippen LogP contribution in [0, 0.1) is 5.41 Å². The van der Waals surface area contributed by atoms with Gasteiger partial charge in [-0.2, -0.15) is 0 Å². The summed E-state index contributed by atoms with van der Waals surface area (Å²) in [5.41, 5.74) is 2.51. The molecule has 4 rings (SSSR count). The van der Waals surface area contributed by atoms with E-state index in [1.165, 1.54) is 11.3 Å². The van der Waals surface area contributed by atoms with Crippen molar-refractivity contribution in [3.63, 3.8) is 0 Å². The lowest BCUT2D eigenvalue weighted by Crippen LogP contribution is -2.28. The fourth-order valence-electron chi connectivity index (χ4n) is 3.33. The van der Waals surface area contributed by atoms with Crippen molar-refractivity contribution < 1.29 is 14.6 Å². The number of hydrogen-bond acceptors (Lipinski definition) is 6. The van der Waals surface area contributed by atoms with Crippen molar-refractivity contribution >= 4 is 33.0 Å². The normalized spacial score (nSPS) is 14.2. The number of nitrogens with zero attached hydrogens (tertiary/aromatic N) is 2. The molecule has 1 aromatic heterocycles. The van der Waals surface area contributed by atoms with Crippen molar-refractivity contribution in [3.8, 4) is 11.5 Å². The minimum Gasteiger partial charge on any atom is -0.510 e. The minimum absolute atomic E-state index is 0.205. The third-order valence-corrected chi connectivity index (χ3v) is 5.86. The zero-order chi connectivity index (χ0) is 19.7. The van der Waals surface area contributed by atoms with Crippen LogP contribution in [-0.2, 0) is 6.42 Å². The molecule has 1 aliphatic rings. The van der Waals surface area contributed by atoms with Crippen molar-refractivity contribution in [1.82, 2.24) is 9.88 Å². The molecule has 0 saturated carbocycles. The molecule has 3 aromatic rings. The largest absolute Gasteiger partial charge is 0.510 e. The van der Waals surface area contributed by atoms with Gasteiger partial charge in [0.25, 0.3) is 0 Å². The van der Waals surface area contributed by atoms with E-state index in [2.05, 4.69) is 4.98 Å². The Morgan fingerprint density at radius 1 is 1.14 bits per heavy atom. The van der Waals surface area contributed by atoms with E-state index in [9.17, 15) is 5.11 Å². The van der Waals surface area contributed by atoms with Gasteiger partial charge in [0.05, 0.1) is 36.6 Å². The number of methoxy groups -OCH3 is 2. The van der Waals surface area contributed by atoms with Gasteiger partial charge in [0, 0.05) is 6.54 Å². The number of aliphatic hydroxyl groups is 1. The van der Waals surface area contributed by atoms with Gasteiger partial charge in [-0.25, -0.2) is 4.98 Å². The molecule has 0 spiro atoms. The predicted octanol–water partition coefficient (Wildman–Crippen LogP) is 4.12. The molecule has 0 fully saturated rings. The number of amidine groups is 1. The molecule has 144 valence electrons. The SMILES string of the molecule is COc1ccc(CCN2CC(O)=C(c3nc4ccccc4s3)C2=N)cc1OC. The highest BCUT2D eigenvalue weighted by atomic mass is 32.1. The fraction of sp³-hybridized carbons (Fsp3) is 0.238. The summed E-state index contributed by atoms with van der Waals surface area (Å²) in [6.07, 6.45) is 0.725. The third-order valence-electron chi connectivity index (χ3n) is 4.81. The van der Waals surface area contributed by atoms with E-state index >= 15 is 0 Å². The van der Waals surface area contributed by atoms with Crippen molar-refractivity contribution in [1.29, 1.82) is 5.41 Å². The summed E-state index contributed by atoms with van der Waals surface area (Å²) >= 11 is 1.50. The maximum Gasteiger partial charge on any atom is 0.160 e. The van der Waals surface area contributed by atoms with Gasteiger partial charge in [0.15, 0.2) is 11.5 Å². The van der Waals surface area contributed by atoms with Crippen LogP contribution < -0.4 is 9.47 Å². The fourth-order valence-corrected chi connectivity index (χ4v) is 4.36. The smallest absolute Gasteiger partial charge is 0.160 e. The number of thiazole rings is 1. The Morgan fingerprint density at radius 2 is 1.93 bits per heavy atom. The molecule has 0 aliphatic carbocycles. The molecular formula is C21H21N3O3S. The number of aliphatic hydroxyl groups excluding tert-OH is 1. The van der Waals surface area contributed by atoms with Gasteiger partial charge in [-0.15, -0.1) is 11.3 Å². The molecule has 0 amide bonds. The van der Waals surface area contributed by atoms with Crippen LogP contribution in [0.5, 0.6) is 11.5 Å². The average Bonchev–Trinajstić information content (AvgIpc) is 3.25. The van der Waals surface area contributed by atoms with Crippen LogP contribution in [0.4, 0.5) is 0 Å². The second-order valence-electron chi connectivity index (χ2n) is 6.52. The molecule has 0 bridgehead atoms. The minimum atomic E-state index is 0.205. The molecule has 0 radical (unpaired) electrons. The number of rotatable bonds is 6. The highest BCUT2D eigenvalue weighted by Gasteiger charge is 2.30. The van der Waals surface area contributed by atoms with E-state index in [0.29, 0.717) is 41.0 Å². The van der Waals surface area contributed by atoms with Crippen LogP contribution in [-0.4, -0.2) is 48.1 Å². The Hall–Kier alpha value is -3.06. The van der Waals surface area contributed by atoms with Gasteiger partial charge in [-0.05, 0) is 36.2 Å². The molecule has 6 nitrogen and oxygen atoms in total. The van der Waals surface area contributed by atoms with Crippen molar-refractivity contribution in [2.24, 2.45) is 0 Å². The Labute approximate surface area is 167 Å². The molecule has 0 atom stereocenters. The van der Waals surface area contributed by atoms with Gasteiger partial charge in [0.1, 0.15) is 16.6 Å². The molecule has 2 heterocycles. The number of aromatic nitrogens is 1. The molecule has 0 unspecified atom stereocenters. The van der Waals surface area contributed by atoms with Crippen LogP contribution in [0.1, 0.15) is 10.6 Å². The van der Waals surface area contributed by atoms with Gasteiger partial charge < -0.3 is 19.5 Å². The third kappa shape index (κ3) is 3.29. The van der Waals surface area contributed by atoms with Crippen LogP contribution in [0.15, 0.2) is 48.2 Å². The molecule has 2 aromatic carbocycles. The number of nitrogens with one attached hydrogen (secondary N) is 1. The Morgan fingerprint density at radius 3 is 2.68 bits per heavy atom. The quantitative estimate of drug-likeness (QED) is 0.656. The highest BCUT2D eigenvalue weighted by Crippen LogP contribution is 2.33. The molecule has 0 saturated heterocycles. The van der Waals surface area contributed by atoms with E-state index in [4.69, 9.17) is 14.9 Å². The van der Waals surface area contributed by atoms with E-state index in [1.807, 2.05) is 47.4 Å². The number of ether oxygens (including phenoxy) is 2. The first kappa shape index (κ1) is 18.3. The standard InChI is InChI=1S/C21H21N3O3S/c1-26-16-8-7-13(11-17(16)27-2)9-10-24-12-15(25)19(20(24)22)21-23-14-5-3-4-6-18(14)28-21/h3-8,11,22,25H,9-10,12H2,1-2H3. The highest BCUT2D eigenvalue weighted by molar-refractivity contribution is 7.19. The predicted molar refractivity (Wildman–Crippen MR) is 112 cm³/mol. The van der Waals surface area contributed by atoms with Crippen LogP contribution >= 0.6 is 11.3 Å². The molecule has 2 N–H and O–H groups in total. The summed E-state index contributed by atoms with van der Waals surface area (Å²) in [7, 11) is 3.23. The second-order valence-corrected chi connectivity index (χ2v) is 7.55. The Kier molecular flexibility index (Phi) is 4.92. The van der Waals surface area contributed by atoms with Gasteiger partial charge in [0.2, 0.25) is 0 Å². The summed E-state index contributed by atoms with van der Waals surface area (Å²) in [5, 5.41) is 19.7. The average molecular weight is 395 g/mol. The zero-order valence-corrected chi connectivity index (χ0v) is 16.5. The lowest BCUT2D eigenvalue weighted by Gasteiger charge is -2.18. The summed E-state index contributed by atoms with van der Waals surface area (Å²) in [4.78, 5) is 6.46. The van der Waals surface area contributed by atoms with Gasteiger partial charge in [-0.3, -0.25) is 5.41 Å². The Bertz CT molecular complexity index is 1040. The van der Waals surface area contributed by atoms with Crippen molar-refractivity contribution in [2.45, 2.75) is 6.42 Å². The van der Waals surface area contributed by atoms with Crippen LogP contribution in [0.3, 0.4) is 0 Å². The first-order chi connectivity index (χ1) is 13.6. The van der Waals surface area contributed by atoms with E-state index in [1.54, 1.807) is 14.2 Å². The summed E-state index contributed by atoms with van der Waals surface area (Å²) in [6, 6.07) is 13.7. The number of fused-ring (bicyclic) bond motifs is 1. The number of para-hydroxylation sites is 1. The summed E-state index contributed by atoms with van der Waals surface area (Å²) in [5.74, 6) is 1.90. The second kappa shape index (κ2) is 7.52. The van der Waals surface area contributed by atoms with E-state index < -0.39 is 0 Å². The lowest BCUT2D eigenvalue weighted by atomic mass is 10.1. The first-order valence-corrected chi connectivity index (χ1v) is 9.75. The van der Waals surface area contributed by atoms with Crippen LogP contribution in [0.2, 0.25) is 0 Å². The molecule has 1 aliphatic heterocycles. The molecular weight excluding hydrogens is 374 g/mol. The first-order valence-electron chi connectivity index (χ1n) is 8.93. The van der Waals surface area contributed by atoms with Crippen molar-refractivity contribution in [3.05, 3.63) is 58.8 Å². The maximum absolute atomic E-state index is 10.5. The van der Waals surface area contributed by atoms with Crippen molar-refractivity contribution in [2.75, 3.05) is 27.3 Å². The molecule has 28 heavy (non-hydrogen) atoms. The topological polar surface area (TPSA) is 78.7 Å². The summed E-state index contributed by atoms with van der Waals surface area (Å²) < 4.78 is 11.7. The Balaban J connectivity index is 1.49. The van der Waals surface area contributed by atoms with Gasteiger partial charge in [-0.1, -0.05) is 18.2 Å². The van der Waals surface area contributed by atoms with E-state index in [0.717, 1.165) is 22.2 Å². The van der Waals surface area contributed by atoms with Gasteiger partial charge >= 0.3 is 0 Å².